The number of likely N-dealkylation sites (tertiary alicyclic amines) is 1. The molecule has 4 aliphatic heterocycles. The van der Waals surface area contributed by atoms with Gasteiger partial charge in [-0.1, -0.05) is 24.3 Å². The van der Waals surface area contributed by atoms with Gasteiger partial charge in [0.15, 0.2) is 17.3 Å². The molecule has 1 aromatic heterocycles. The van der Waals surface area contributed by atoms with Crippen molar-refractivity contribution in [1.29, 1.82) is 0 Å². The van der Waals surface area contributed by atoms with Crippen molar-refractivity contribution >= 4 is 22.5 Å². The molecule has 48 heavy (non-hydrogen) atoms. The number of hydrogen-bond donors (Lipinski definition) is 2. The Morgan fingerprint density at radius 3 is 2.73 bits per heavy atom. The predicted octanol–water partition coefficient (Wildman–Crippen LogP) is 5.14. The largest absolute Gasteiger partial charge is 0.488 e. The molecule has 2 fully saturated rings. The minimum Gasteiger partial charge on any atom is -0.488 e. The Labute approximate surface area is 278 Å². The van der Waals surface area contributed by atoms with Gasteiger partial charge in [-0.3, -0.25) is 14.5 Å². The van der Waals surface area contributed by atoms with E-state index in [4.69, 9.17) is 14.2 Å². The van der Waals surface area contributed by atoms with Gasteiger partial charge in [-0.25, -0.2) is 4.39 Å². The zero-order valence-corrected chi connectivity index (χ0v) is 27.1. The molecule has 0 spiro atoms. The van der Waals surface area contributed by atoms with Crippen LogP contribution in [0.1, 0.15) is 41.6 Å². The van der Waals surface area contributed by atoms with E-state index in [1.807, 2.05) is 30.3 Å². The third-order valence-corrected chi connectivity index (χ3v) is 10.2. The van der Waals surface area contributed by atoms with E-state index in [0.29, 0.717) is 48.4 Å². The van der Waals surface area contributed by atoms with Gasteiger partial charge in [0.1, 0.15) is 29.1 Å². The topological polar surface area (TPSA) is 97.3 Å². The van der Waals surface area contributed by atoms with E-state index in [1.165, 1.54) is 6.07 Å². The standard InChI is InChI=1S/C37H40FN5O5/c1-41-12-4-7-24(41)9-11-40-37(45)28-21-43-30-19-26-25-8-3-2-6-23(25)22-47-31(26)20-32(30)48-36-33(29(38)18-27(34(36)43)35(28)44)39-10-5-13-42-14-16-46-17-15-42/h2-3,6,8,18-21,24,39H,4-5,7,9-17,22H2,1H3,(H,40,45). The number of ether oxygens (including phenoxy) is 3. The molecule has 0 bridgehead atoms. The molecule has 0 saturated carbocycles. The van der Waals surface area contributed by atoms with E-state index in [0.717, 1.165) is 81.8 Å². The Balaban J connectivity index is 1.18. The van der Waals surface area contributed by atoms with Gasteiger partial charge in [-0.15, -0.1) is 0 Å². The first-order chi connectivity index (χ1) is 23.5. The van der Waals surface area contributed by atoms with E-state index < -0.39 is 17.2 Å². The molecule has 0 aliphatic carbocycles. The monoisotopic (exact) mass is 653 g/mol. The van der Waals surface area contributed by atoms with Gasteiger partial charge >= 0.3 is 0 Å². The molecule has 8 rings (SSSR count). The molecule has 1 amide bonds. The quantitative estimate of drug-likeness (QED) is 0.211. The van der Waals surface area contributed by atoms with Crippen LogP contribution in [0.25, 0.3) is 27.7 Å². The van der Waals surface area contributed by atoms with Crippen molar-refractivity contribution in [1.82, 2.24) is 19.7 Å². The number of nitrogens with one attached hydrogen (secondary N) is 2. The van der Waals surface area contributed by atoms with Gasteiger partial charge in [0.25, 0.3) is 5.91 Å². The highest BCUT2D eigenvalue weighted by molar-refractivity contribution is 6.01. The maximum atomic E-state index is 16.0. The van der Waals surface area contributed by atoms with Crippen LogP contribution < -0.4 is 25.5 Å². The molecule has 3 aromatic carbocycles. The number of amides is 1. The van der Waals surface area contributed by atoms with Crippen LogP contribution >= 0.6 is 0 Å². The van der Waals surface area contributed by atoms with Gasteiger partial charge in [0.05, 0.1) is 24.3 Å². The third-order valence-electron chi connectivity index (χ3n) is 10.2. The zero-order valence-electron chi connectivity index (χ0n) is 27.1. The summed E-state index contributed by atoms with van der Waals surface area (Å²) >= 11 is 0. The molecule has 2 saturated heterocycles. The highest BCUT2D eigenvalue weighted by Crippen LogP contribution is 2.49. The van der Waals surface area contributed by atoms with Crippen molar-refractivity contribution in [3.8, 4) is 34.1 Å². The summed E-state index contributed by atoms with van der Waals surface area (Å²) in [4.78, 5) is 32.2. The SMILES string of the molecule is CN1CCCC1CCNC(=O)c1cn2c3c(c(NCCCN4CCOCC4)c(F)cc3c1=O)Oc1cc3c(cc1-2)-c1ccccc1CO3. The number of pyridine rings is 1. The van der Waals surface area contributed by atoms with Crippen LogP contribution in [0.5, 0.6) is 17.2 Å². The zero-order chi connectivity index (χ0) is 32.8. The number of nitrogens with zero attached hydrogens (tertiary/aromatic N) is 3. The maximum absolute atomic E-state index is 16.0. The molecule has 250 valence electrons. The summed E-state index contributed by atoms with van der Waals surface area (Å²) < 4.78 is 35.9. The highest BCUT2D eigenvalue weighted by atomic mass is 19.1. The molecule has 10 nitrogen and oxygen atoms in total. The number of benzene rings is 3. The number of anilines is 1. The average molecular weight is 654 g/mol. The number of hydrogen-bond acceptors (Lipinski definition) is 8. The van der Waals surface area contributed by atoms with Crippen molar-refractivity contribution in [3.63, 3.8) is 0 Å². The highest BCUT2D eigenvalue weighted by Gasteiger charge is 2.31. The van der Waals surface area contributed by atoms with Crippen molar-refractivity contribution in [2.45, 2.75) is 38.3 Å². The van der Waals surface area contributed by atoms with E-state index >= 15 is 4.39 Å². The number of halogens is 1. The minimum absolute atomic E-state index is 0.0407. The molecule has 1 atom stereocenters. The fourth-order valence-electron chi connectivity index (χ4n) is 7.50. The summed E-state index contributed by atoms with van der Waals surface area (Å²) in [5.74, 6) is 0.232. The Bertz CT molecular complexity index is 1960. The summed E-state index contributed by atoms with van der Waals surface area (Å²) in [5.41, 5.74) is 3.65. The van der Waals surface area contributed by atoms with E-state index in [9.17, 15) is 9.59 Å². The van der Waals surface area contributed by atoms with Crippen molar-refractivity contribution in [2.24, 2.45) is 0 Å². The number of morpholine rings is 1. The molecule has 2 N–H and O–H groups in total. The van der Waals surface area contributed by atoms with Gasteiger partial charge in [-0.2, -0.15) is 0 Å². The molecule has 5 heterocycles. The Hall–Kier alpha value is -4.45. The van der Waals surface area contributed by atoms with Crippen LogP contribution in [0, 0.1) is 5.82 Å². The first kappa shape index (κ1) is 30.9. The summed E-state index contributed by atoms with van der Waals surface area (Å²) in [6, 6.07) is 13.5. The fourth-order valence-corrected chi connectivity index (χ4v) is 7.50. The number of carbonyl (C=O) groups excluding carboxylic acids is 1. The minimum atomic E-state index is -0.610. The van der Waals surface area contributed by atoms with Crippen LogP contribution in [0.3, 0.4) is 0 Å². The fraction of sp³-hybridized carbons (Fsp3) is 0.405. The van der Waals surface area contributed by atoms with Crippen molar-refractivity contribution in [2.75, 3.05) is 64.8 Å². The number of fused-ring (bicyclic) bond motifs is 5. The van der Waals surface area contributed by atoms with Gasteiger partial charge in [0, 0.05) is 50.0 Å². The molecule has 4 aromatic rings. The Kier molecular flexibility index (Phi) is 8.27. The maximum Gasteiger partial charge on any atom is 0.256 e. The summed E-state index contributed by atoms with van der Waals surface area (Å²) in [7, 11) is 2.10. The number of carbonyl (C=O) groups is 1. The van der Waals surface area contributed by atoms with Crippen LogP contribution in [0.2, 0.25) is 0 Å². The Morgan fingerprint density at radius 1 is 1.04 bits per heavy atom. The number of rotatable bonds is 9. The Morgan fingerprint density at radius 2 is 1.90 bits per heavy atom. The summed E-state index contributed by atoms with van der Waals surface area (Å²) in [6.07, 6.45) is 5.40. The first-order valence-corrected chi connectivity index (χ1v) is 17.0. The lowest BCUT2D eigenvalue weighted by atomic mass is 9.95. The second-order valence-corrected chi connectivity index (χ2v) is 13.1. The number of aromatic nitrogens is 1. The third kappa shape index (κ3) is 5.59. The van der Waals surface area contributed by atoms with Crippen molar-refractivity contribution in [3.05, 3.63) is 75.8 Å². The molecular weight excluding hydrogens is 613 g/mol. The average Bonchev–Trinajstić information content (AvgIpc) is 3.52. The van der Waals surface area contributed by atoms with E-state index in [1.54, 1.807) is 10.8 Å². The molecule has 11 heteroatoms. The van der Waals surface area contributed by atoms with Gasteiger partial charge < -0.3 is 34.3 Å². The predicted molar refractivity (Wildman–Crippen MR) is 182 cm³/mol. The summed E-state index contributed by atoms with van der Waals surface area (Å²) in [6.45, 7) is 6.48. The van der Waals surface area contributed by atoms with Crippen molar-refractivity contribution < 1.29 is 23.4 Å². The van der Waals surface area contributed by atoms with E-state index in [2.05, 4.69) is 33.5 Å². The molecule has 0 radical (unpaired) electrons. The normalized spacial score (nSPS) is 18.4. The second-order valence-electron chi connectivity index (χ2n) is 13.1. The lowest BCUT2D eigenvalue weighted by Crippen LogP contribution is -2.37. The smallest absolute Gasteiger partial charge is 0.256 e. The van der Waals surface area contributed by atoms with Crippen LogP contribution in [0.4, 0.5) is 10.1 Å². The second kappa shape index (κ2) is 12.9. The molecule has 1 unspecified atom stereocenters. The van der Waals surface area contributed by atoms with Crippen LogP contribution in [-0.4, -0.2) is 85.8 Å². The molecular formula is C37H40FN5O5. The first-order valence-electron chi connectivity index (χ1n) is 17.0. The van der Waals surface area contributed by atoms with Crippen LogP contribution in [-0.2, 0) is 11.3 Å². The summed E-state index contributed by atoms with van der Waals surface area (Å²) in [5, 5.41) is 6.31. The van der Waals surface area contributed by atoms with E-state index in [-0.39, 0.29) is 22.4 Å². The lowest BCUT2D eigenvalue weighted by molar-refractivity contribution is 0.0378. The van der Waals surface area contributed by atoms with Gasteiger partial charge in [-0.05, 0) is 69.1 Å². The van der Waals surface area contributed by atoms with Gasteiger partial charge in [0.2, 0.25) is 5.43 Å². The molecule has 4 aliphatic rings. The van der Waals surface area contributed by atoms with Crippen LogP contribution in [0.15, 0.2) is 53.5 Å². The lowest BCUT2D eigenvalue weighted by Gasteiger charge is -2.29.